The number of anilines is 4. The Morgan fingerprint density at radius 3 is 2.28 bits per heavy atom. The molecular formula is C14H16BrN3. The van der Waals surface area contributed by atoms with Crippen LogP contribution in [-0.4, -0.2) is 14.1 Å². The van der Waals surface area contributed by atoms with Gasteiger partial charge < -0.3 is 16.0 Å². The molecule has 0 aliphatic heterocycles. The summed E-state index contributed by atoms with van der Waals surface area (Å²) in [5.74, 6) is 0. The molecule has 0 aliphatic carbocycles. The Morgan fingerprint density at radius 1 is 1.06 bits per heavy atom. The lowest BCUT2D eigenvalue weighted by Crippen LogP contribution is -2.08. The number of benzene rings is 2. The summed E-state index contributed by atoms with van der Waals surface area (Å²) in [6.07, 6.45) is 0. The molecule has 0 unspecified atom stereocenters. The molecule has 0 aromatic heterocycles. The van der Waals surface area contributed by atoms with Crippen LogP contribution in [0, 0.1) is 0 Å². The van der Waals surface area contributed by atoms with Gasteiger partial charge in [-0.15, -0.1) is 0 Å². The second-order valence-electron chi connectivity index (χ2n) is 4.31. The number of rotatable bonds is 3. The molecule has 3 nitrogen and oxygen atoms in total. The van der Waals surface area contributed by atoms with Gasteiger partial charge in [0.25, 0.3) is 0 Å². The van der Waals surface area contributed by atoms with Gasteiger partial charge in [-0.25, -0.2) is 0 Å². The fraction of sp³-hybridized carbons (Fsp3) is 0.143. The maximum Gasteiger partial charge on any atom is 0.0530 e. The summed E-state index contributed by atoms with van der Waals surface area (Å²) >= 11 is 3.49. The zero-order chi connectivity index (χ0) is 13.1. The highest BCUT2D eigenvalue weighted by atomic mass is 79.9. The maximum absolute atomic E-state index is 5.71. The Labute approximate surface area is 116 Å². The van der Waals surface area contributed by atoms with Crippen LogP contribution in [0.25, 0.3) is 0 Å². The predicted octanol–water partition coefficient (Wildman–Crippen LogP) is 3.84. The smallest absolute Gasteiger partial charge is 0.0530 e. The van der Waals surface area contributed by atoms with Gasteiger partial charge in [0, 0.05) is 35.6 Å². The van der Waals surface area contributed by atoms with Crippen molar-refractivity contribution in [3.8, 4) is 0 Å². The average Bonchev–Trinajstić information content (AvgIpc) is 2.33. The summed E-state index contributed by atoms with van der Waals surface area (Å²) in [4.78, 5) is 2.07. The van der Waals surface area contributed by atoms with E-state index in [1.165, 1.54) is 5.69 Å². The van der Waals surface area contributed by atoms with Gasteiger partial charge in [-0.3, -0.25) is 0 Å². The zero-order valence-corrected chi connectivity index (χ0v) is 12.0. The molecule has 2 aromatic carbocycles. The molecular weight excluding hydrogens is 290 g/mol. The minimum Gasteiger partial charge on any atom is -0.399 e. The van der Waals surface area contributed by atoms with Gasteiger partial charge in [0.2, 0.25) is 0 Å². The Bertz CT molecular complexity index is 535. The first-order valence-corrected chi connectivity index (χ1v) is 6.45. The molecule has 94 valence electrons. The van der Waals surface area contributed by atoms with Gasteiger partial charge in [0.05, 0.1) is 5.69 Å². The minimum atomic E-state index is 0.746. The molecule has 0 saturated carbocycles. The molecule has 0 saturated heterocycles. The molecule has 0 atom stereocenters. The van der Waals surface area contributed by atoms with Crippen LogP contribution in [0.15, 0.2) is 46.9 Å². The van der Waals surface area contributed by atoms with Crippen molar-refractivity contribution >= 4 is 38.7 Å². The van der Waals surface area contributed by atoms with E-state index in [1.54, 1.807) is 0 Å². The van der Waals surface area contributed by atoms with Crippen LogP contribution in [0.1, 0.15) is 0 Å². The highest BCUT2D eigenvalue weighted by Gasteiger charge is 2.01. The van der Waals surface area contributed by atoms with Crippen LogP contribution in [0.4, 0.5) is 22.7 Å². The van der Waals surface area contributed by atoms with Crippen molar-refractivity contribution < 1.29 is 0 Å². The van der Waals surface area contributed by atoms with E-state index >= 15 is 0 Å². The van der Waals surface area contributed by atoms with Crippen molar-refractivity contribution in [1.82, 2.24) is 0 Å². The van der Waals surface area contributed by atoms with Crippen molar-refractivity contribution in [2.24, 2.45) is 0 Å². The van der Waals surface area contributed by atoms with Gasteiger partial charge >= 0.3 is 0 Å². The molecule has 2 aromatic rings. The molecule has 0 radical (unpaired) electrons. The third kappa shape index (κ3) is 2.96. The fourth-order valence-electron chi connectivity index (χ4n) is 1.63. The second kappa shape index (κ2) is 5.31. The average molecular weight is 306 g/mol. The van der Waals surface area contributed by atoms with Crippen LogP contribution in [0.2, 0.25) is 0 Å². The first-order chi connectivity index (χ1) is 8.56. The number of halogens is 1. The standard InChI is InChI=1S/C14H16BrN3/c1-18(2)12-6-4-11(5-7-12)17-14-8-3-10(16)9-13(14)15/h3-9,17H,16H2,1-2H3. The van der Waals surface area contributed by atoms with E-state index in [0.29, 0.717) is 0 Å². The summed E-state index contributed by atoms with van der Waals surface area (Å²) < 4.78 is 0.958. The molecule has 0 fully saturated rings. The summed E-state index contributed by atoms with van der Waals surface area (Å²) in [7, 11) is 4.05. The molecule has 0 bridgehead atoms. The predicted molar refractivity (Wildman–Crippen MR) is 82.6 cm³/mol. The van der Waals surface area contributed by atoms with E-state index in [0.717, 1.165) is 21.5 Å². The van der Waals surface area contributed by atoms with E-state index in [1.807, 2.05) is 32.3 Å². The SMILES string of the molecule is CN(C)c1ccc(Nc2ccc(N)cc2Br)cc1. The number of nitrogens with zero attached hydrogens (tertiary/aromatic N) is 1. The number of hydrogen-bond donors (Lipinski definition) is 2. The number of nitrogen functional groups attached to an aromatic ring is 1. The third-order valence-corrected chi connectivity index (χ3v) is 3.31. The molecule has 3 N–H and O–H groups in total. The van der Waals surface area contributed by atoms with E-state index in [4.69, 9.17) is 5.73 Å². The monoisotopic (exact) mass is 305 g/mol. The van der Waals surface area contributed by atoms with E-state index in [9.17, 15) is 0 Å². The molecule has 4 heteroatoms. The van der Waals surface area contributed by atoms with E-state index in [-0.39, 0.29) is 0 Å². The van der Waals surface area contributed by atoms with Crippen LogP contribution in [0.5, 0.6) is 0 Å². The number of hydrogen-bond acceptors (Lipinski definition) is 3. The first-order valence-electron chi connectivity index (χ1n) is 5.66. The van der Waals surface area contributed by atoms with E-state index < -0.39 is 0 Å². The highest BCUT2D eigenvalue weighted by molar-refractivity contribution is 9.10. The Kier molecular flexibility index (Phi) is 3.77. The molecule has 0 amide bonds. The lowest BCUT2D eigenvalue weighted by atomic mass is 10.2. The Morgan fingerprint density at radius 2 is 1.72 bits per heavy atom. The minimum absolute atomic E-state index is 0.746. The summed E-state index contributed by atoms with van der Waals surface area (Å²) in [5, 5.41) is 3.34. The number of nitrogens with two attached hydrogens (primary N) is 1. The van der Waals surface area contributed by atoms with Gasteiger partial charge in [-0.05, 0) is 58.4 Å². The van der Waals surface area contributed by atoms with Crippen molar-refractivity contribution in [2.45, 2.75) is 0 Å². The van der Waals surface area contributed by atoms with Crippen molar-refractivity contribution in [3.63, 3.8) is 0 Å². The van der Waals surface area contributed by atoms with Crippen molar-refractivity contribution in [1.29, 1.82) is 0 Å². The van der Waals surface area contributed by atoms with Crippen LogP contribution in [0.3, 0.4) is 0 Å². The fourth-order valence-corrected chi connectivity index (χ4v) is 2.13. The molecule has 0 spiro atoms. The zero-order valence-electron chi connectivity index (χ0n) is 10.4. The van der Waals surface area contributed by atoms with Gasteiger partial charge in [0.15, 0.2) is 0 Å². The Hall–Kier alpha value is -1.68. The van der Waals surface area contributed by atoms with E-state index in [2.05, 4.69) is 50.4 Å². The lowest BCUT2D eigenvalue weighted by Gasteiger charge is -2.14. The van der Waals surface area contributed by atoms with Crippen molar-refractivity contribution in [2.75, 3.05) is 30.0 Å². The molecule has 18 heavy (non-hydrogen) atoms. The van der Waals surface area contributed by atoms with Crippen LogP contribution < -0.4 is 16.0 Å². The third-order valence-electron chi connectivity index (χ3n) is 2.66. The largest absolute Gasteiger partial charge is 0.399 e. The van der Waals surface area contributed by atoms with Gasteiger partial charge in [-0.2, -0.15) is 0 Å². The van der Waals surface area contributed by atoms with Crippen LogP contribution in [-0.2, 0) is 0 Å². The highest BCUT2D eigenvalue weighted by Crippen LogP contribution is 2.28. The number of nitrogens with one attached hydrogen (secondary N) is 1. The summed E-state index contributed by atoms with van der Waals surface area (Å²) in [6, 6.07) is 14.0. The first kappa shape index (κ1) is 12.8. The Balaban J connectivity index is 2.18. The van der Waals surface area contributed by atoms with Crippen molar-refractivity contribution in [3.05, 3.63) is 46.9 Å². The quantitative estimate of drug-likeness (QED) is 0.847. The lowest BCUT2D eigenvalue weighted by molar-refractivity contribution is 1.13. The summed E-state index contributed by atoms with van der Waals surface area (Å²) in [6.45, 7) is 0. The van der Waals surface area contributed by atoms with Gasteiger partial charge in [0.1, 0.15) is 0 Å². The molecule has 0 heterocycles. The second-order valence-corrected chi connectivity index (χ2v) is 5.16. The topological polar surface area (TPSA) is 41.3 Å². The molecule has 2 rings (SSSR count). The maximum atomic E-state index is 5.71. The van der Waals surface area contributed by atoms with Crippen LogP contribution >= 0.6 is 15.9 Å². The molecule has 0 aliphatic rings. The summed E-state index contributed by atoms with van der Waals surface area (Å²) in [5.41, 5.74) is 9.68. The normalized spacial score (nSPS) is 10.2. The van der Waals surface area contributed by atoms with Gasteiger partial charge in [-0.1, -0.05) is 0 Å².